The molecule has 0 atom stereocenters. The average molecular weight is 314 g/mol. The predicted molar refractivity (Wildman–Crippen MR) is 68.8 cm³/mol. The number of halogens is 3. The molecule has 94 valence electrons. The van der Waals surface area contributed by atoms with E-state index in [0.717, 1.165) is 18.2 Å². The number of nitrogens with one attached hydrogen (secondary N) is 1. The Morgan fingerprint density at radius 1 is 1.22 bits per heavy atom. The summed E-state index contributed by atoms with van der Waals surface area (Å²) in [7, 11) is 0. The van der Waals surface area contributed by atoms with Gasteiger partial charge in [-0.05, 0) is 28.1 Å². The van der Waals surface area contributed by atoms with Crippen molar-refractivity contribution in [1.29, 1.82) is 0 Å². The quantitative estimate of drug-likeness (QED) is 0.875. The Kier molecular flexibility index (Phi) is 3.86. The summed E-state index contributed by atoms with van der Waals surface area (Å²) in [6, 6.07) is 4.81. The van der Waals surface area contributed by atoms with E-state index in [4.69, 9.17) is 0 Å². The maximum absolute atomic E-state index is 13.5. The van der Waals surface area contributed by atoms with Crippen molar-refractivity contribution >= 4 is 27.4 Å². The van der Waals surface area contributed by atoms with Gasteiger partial charge < -0.3 is 5.32 Å². The van der Waals surface area contributed by atoms with Crippen LogP contribution in [0, 0.1) is 11.6 Å². The van der Waals surface area contributed by atoms with Gasteiger partial charge >= 0.3 is 0 Å². The van der Waals surface area contributed by atoms with Gasteiger partial charge in [0.2, 0.25) is 0 Å². The lowest BCUT2D eigenvalue weighted by molar-refractivity contribution is 0.603. The molecule has 0 fully saturated rings. The normalized spacial score (nSPS) is 10.4. The van der Waals surface area contributed by atoms with Crippen molar-refractivity contribution in [3.05, 3.63) is 46.3 Å². The van der Waals surface area contributed by atoms with Gasteiger partial charge in [-0.3, -0.25) is 0 Å². The van der Waals surface area contributed by atoms with Gasteiger partial charge in [0.1, 0.15) is 27.9 Å². The second kappa shape index (κ2) is 5.39. The molecule has 3 nitrogen and oxygen atoms in total. The highest BCUT2D eigenvalue weighted by Gasteiger charge is 2.07. The molecule has 0 bridgehead atoms. The van der Waals surface area contributed by atoms with E-state index in [9.17, 15) is 8.78 Å². The van der Waals surface area contributed by atoms with Crippen molar-refractivity contribution in [3.63, 3.8) is 0 Å². The predicted octanol–water partition coefficient (Wildman–Crippen LogP) is 3.82. The number of aromatic nitrogens is 2. The van der Waals surface area contributed by atoms with Crippen LogP contribution in [0.3, 0.4) is 0 Å². The van der Waals surface area contributed by atoms with E-state index in [1.165, 1.54) is 0 Å². The van der Waals surface area contributed by atoms with Crippen molar-refractivity contribution in [2.45, 2.75) is 13.3 Å². The van der Waals surface area contributed by atoms with E-state index in [-0.39, 0.29) is 5.69 Å². The summed E-state index contributed by atoms with van der Waals surface area (Å²) in [5.41, 5.74) is 0.0441. The van der Waals surface area contributed by atoms with Crippen LogP contribution < -0.4 is 5.32 Å². The third kappa shape index (κ3) is 3.01. The molecular weight excluding hydrogens is 304 g/mol. The highest BCUT2D eigenvalue weighted by Crippen LogP contribution is 2.21. The molecule has 0 spiro atoms. The summed E-state index contributed by atoms with van der Waals surface area (Å²) < 4.78 is 27.1. The van der Waals surface area contributed by atoms with Gasteiger partial charge in [0, 0.05) is 18.6 Å². The van der Waals surface area contributed by atoms with Crippen LogP contribution in [-0.4, -0.2) is 9.97 Å². The fourth-order valence-corrected chi connectivity index (χ4v) is 1.84. The SMILES string of the molecule is CCc1nc(Br)cc(Nc2cc(F)ccc2F)n1. The van der Waals surface area contributed by atoms with Crippen LogP contribution >= 0.6 is 15.9 Å². The number of hydrogen-bond donors (Lipinski definition) is 1. The van der Waals surface area contributed by atoms with E-state index >= 15 is 0 Å². The van der Waals surface area contributed by atoms with Crippen LogP contribution in [0.25, 0.3) is 0 Å². The van der Waals surface area contributed by atoms with Gasteiger partial charge in [-0.1, -0.05) is 6.92 Å². The van der Waals surface area contributed by atoms with E-state index in [1.54, 1.807) is 6.07 Å². The van der Waals surface area contributed by atoms with Gasteiger partial charge in [-0.2, -0.15) is 0 Å². The van der Waals surface area contributed by atoms with Crippen molar-refractivity contribution in [2.75, 3.05) is 5.32 Å². The minimum Gasteiger partial charge on any atom is -0.338 e. The molecule has 0 saturated heterocycles. The van der Waals surface area contributed by atoms with Crippen LogP contribution in [0.4, 0.5) is 20.3 Å². The van der Waals surface area contributed by atoms with Crippen molar-refractivity contribution in [3.8, 4) is 0 Å². The van der Waals surface area contributed by atoms with E-state index in [1.807, 2.05) is 6.92 Å². The molecule has 6 heteroatoms. The smallest absolute Gasteiger partial charge is 0.146 e. The Morgan fingerprint density at radius 3 is 2.72 bits per heavy atom. The third-order valence-corrected chi connectivity index (χ3v) is 2.65. The molecule has 1 aromatic carbocycles. The molecule has 0 saturated carbocycles. The van der Waals surface area contributed by atoms with Crippen LogP contribution in [0.5, 0.6) is 0 Å². The minimum atomic E-state index is -0.538. The Bertz CT molecular complexity index is 575. The fraction of sp³-hybridized carbons (Fsp3) is 0.167. The van der Waals surface area contributed by atoms with Gasteiger partial charge in [-0.15, -0.1) is 0 Å². The lowest BCUT2D eigenvalue weighted by Gasteiger charge is -2.08. The van der Waals surface area contributed by atoms with Gasteiger partial charge in [-0.25, -0.2) is 18.7 Å². The number of rotatable bonds is 3. The first-order valence-corrected chi connectivity index (χ1v) is 6.13. The standard InChI is InChI=1S/C12H10BrF2N3/c1-2-11-17-10(13)6-12(18-11)16-9-5-7(14)3-4-8(9)15/h3-6H,2H2,1H3,(H,16,17,18). The number of aryl methyl sites for hydroxylation is 1. The lowest BCUT2D eigenvalue weighted by atomic mass is 10.3. The average Bonchev–Trinajstić information content (AvgIpc) is 2.33. The molecule has 0 aliphatic carbocycles. The van der Waals surface area contributed by atoms with E-state index in [0.29, 0.717) is 22.7 Å². The second-order valence-corrected chi connectivity index (χ2v) is 4.41. The molecule has 2 aromatic rings. The first-order chi connectivity index (χ1) is 8.58. The summed E-state index contributed by atoms with van der Waals surface area (Å²) in [6.07, 6.45) is 0.653. The first kappa shape index (κ1) is 12.9. The molecule has 2 rings (SSSR count). The first-order valence-electron chi connectivity index (χ1n) is 5.34. The van der Waals surface area contributed by atoms with Crippen LogP contribution in [0.2, 0.25) is 0 Å². The summed E-state index contributed by atoms with van der Waals surface area (Å²) in [5.74, 6) is -0.0196. The van der Waals surface area contributed by atoms with Crippen LogP contribution in [-0.2, 0) is 6.42 Å². The zero-order chi connectivity index (χ0) is 13.1. The number of benzene rings is 1. The number of anilines is 2. The Morgan fingerprint density at radius 2 is 2.00 bits per heavy atom. The van der Waals surface area contributed by atoms with Gasteiger partial charge in [0.15, 0.2) is 0 Å². The minimum absolute atomic E-state index is 0.0441. The fourth-order valence-electron chi connectivity index (χ4n) is 1.42. The molecule has 0 aliphatic heterocycles. The molecule has 1 N–H and O–H groups in total. The molecular formula is C12H10BrF2N3. The molecule has 0 unspecified atom stereocenters. The highest BCUT2D eigenvalue weighted by atomic mass is 79.9. The van der Waals surface area contributed by atoms with Crippen molar-refractivity contribution in [2.24, 2.45) is 0 Å². The monoisotopic (exact) mass is 313 g/mol. The molecule has 1 aromatic heterocycles. The molecule has 1 heterocycles. The zero-order valence-corrected chi connectivity index (χ0v) is 11.1. The summed E-state index contributed by atoms with van der Waals surface area (Å²) >= 11 is 3.24. The lowest BCUT2D eigenvalue weighted by Crippen LogP contribution is -2.01. The summed E-state index contributed by atoms with van der Waals surface area (Å²) in [4.78, 5) is 8.31. The van der Waals surface area contributed by atoms with E-state index in [2.05, 4.69) is 31.2 Å². The maximum Gasteiger partial charge on any atom is 0.146 e. The van der Waals surface area contributed by atoms with Crippen LogP contribution in [0.15, 0.2) is 28.9 Å². The molecule has 0 radical (unpaired) electrons. The molecule has 0 aliphatic rings. The van der Waals surface area contributed by atoms with Crippen molar-refractivity contribution < 1.29 is 8.78 Å². The zero-order valence-electron chi connectivity index (χ0n) is 9.54. The van der Waals surface area contributed by atoms with Crippen molar-refractivity contribution in [1.82, 2.24) is 9.97 Å². The Labute approximate surface area is 111 Å². The summed E-state index contributed by atoms with van der Waals surface area (Å²) in [5, 5.41) is 2.73. The van der Waals surface area contributed by atoms with Gasteiger partial charge in [0.05, 0.1) is 5.69 Å². The Hall–Kier alpha value is -1.56. The maximum atomic E-state index is 13.5. The van der Waals surface area contributed by atoms with Crippen LogP contribution in [0.1, 0.15) is 12.7 Å². The topological polar surface area (TPSA) is 37.8 Å². The van der Waals surface area contributed by atoms with E-state index < -0.39 is 11.6 Å². The highest BCUT2D eigenvalue weighted by molar-refractivity contribution is 9.10. The molecule has 18 heavy (non-hydrogen) atoms. The third-order valence-electron chi connectivity index (χ3n) is 2.25. The molecule has 0 amide bonds. The number of nitrogens with zero attached hydrogens (tertiary/aromatic N) is 2. The Balaban J connectivity index is 2.33. The second-order valence-electron chi connectivity index (χ2n) is 3.59. The summed E-state index contributed by atoms with van der Waals surface area (Å²) in [6.45, 7) is 1.91. The largest absolute Gasteiger partial charge is 0.338 e. The number of hydrogen-bond acceptors (Lipinski definition) is 3. The van der Waals surface area contributed by atoms with Gasteiger partial charge in [0.25, 0.3) is 0 Å².